The summed E-state index contributed by atoms with van der Waals surface area (Å²) in [5, 5.41) is 0. The van der Waals surface area contributed by atoms with Crippen LogP contribution in [0.2, 0.25) is 0 Å². The van der Waals surface area contributed by atoms with Crippen LogP contribution < -0.4 is 9.64 Å². The first-order valence-electron chi connectivity index (χ1n) is 10.0. The first-order chi connectivity index (χ1) is 13.8. The molecule has 0 spiro atoms. The number of fused-ring (bicyclic) bond motifs is 2. The number of carbonyl (C=O) groups is 2. The number of guanidine groups is 1. The van der Waals surface area contributed by atoms with Gasteiger partial charge in [-0.15, -0.1) is 0 Å². The number of carbonyl (C=O) groups excluding carboxylic acids is 2. The van der Waals surface area contributed by atoms with E-state index in [1.165, 1.54) is 9.80 Å². The molecule has 29 heavy (non-hydrogen) atoms. The second kappa shape index (κ2) is 7.17. The lowest BCUT2D eigenvalue weighted by molar-refractivity contribution is -0.545. The van der Waals surface area contributed by atoms with Crippen LogP contribution in [0, 0.1) is 11.8 Å². The molecular weight excluding hydrogens is 370 g/mol. The third-order valence-corrected chi connectivity index (χ3v) is 5.55. The van der Waals surface area contributed by atoms with E-state index in [1.807, 2.05) is 42.7 Å². The zero-order chi connectivity index (χ0) is 20.9. The van der Waals surface area contributed by atoms with E-state index in [1.54, 1.807) is 14.2 Å². The smallest absolute Gasteiger partial charge is 0.397 e. The average molecular weight is 398 g/mol. The Kier molecular flexibility index (Phi) is 4.80. The predicted octanol–water partition coefficient (Wildman–Crippen LogP) is 1.85. The van der Waals surface area contributed by atoms with E-state index in [0.717, 1.165) is 30.5 Å². The normalized spacial score (nSPS) is 24.2. The van der Waals surface area contributed by atoms with Gasteiger partial charge < -0.3 is 4.74 Å². The number of imide groups is 1. The number of hydrogen-bond acceptors (Lipinski definition) is 5. The molecule has 0 saturated carbocycles. The molecule has 0 radical (unpaired) electrons. The summed E-state index contributed by atoms with van der Waals surface area (Å²) in [5.74, 6) is 2.34. The summed E-state index contributed by atoms with van der Waals surface area (Å²) < 4.78 is 7.42. The SMILES string of the molecule is COc1cccc(N2CC(C)C[N+]3=C2N=C2C3C(=O)N(CC(C)C)C(=O)N2C)c1. The number of anilines is 1. The molecule has 8 nitrogen and oxygen atoms in total. The summed E-state index contributed by atoms with van der Waals surface area (Å²) >= 11 is 0. The molecule has 8 heteroatoms. The van der Waals surface area contributed by atoms with Gasteiger partial charge in [-0.2, -0.15) is 0 Å². The summed E-state index contributed by atoms with van der Waals surface area (Å²) in [6.07, 6.45) is 0. The number of likely N-dealkylation sites (N-methyl/N-ethyl adjacent to an activating group) is 1. The van der Waals surface area contributed by atoms with Gasteiger partial charge in [-0.25, -0.2) is 14.3 Å². The monoisotopic (exact) mass is 398 g/mol. The maximum atomic E-state index is 13.3. The number of amidine groups is 1. The van der Waals surface area contributed by atoms with Crippen molar-refractivity contribution in [3.63, 3.8) is 0 Å². The maximum Gasteiger partial charge on any atom is 0.397 e. The summed E-state index contributed by atoms with van der Waals surface area (Å²) in [6.45, 7) is 8.08. The first kappa shape index (κ1) is 19.4. The number of benzene rings is 1. The highest BCUT2D eigenvalue weighted by molar-refractivity contribution is 6.24. The van der Waals surface area contributed by atoms with Crippen LogP contribution in [0.1, 0.15) is 20.8 Å². The topological polar surface area (TPSA) is 68.5 Å². The minimum atomic E-state index is -0.553. The van der Waals surface area contributed by atoms with E-state index >= 15 is 0 Å². The molecule has 2 atom stereocenters. The number of aliphatic imine (C=N–C) groups is 1. The fourth-order valence-corrected chi connectivity index (χ4v) is 4.23. The Bertz CT molecular complexity index is 923. The molecule has 1 fully saturated rings. The van der Waals surface area contributed by atoms with Crippen LogP contribution in [-0.2, 0) is 4.79 Å². The lowest BCUT2D eigenvalue weighted by Gasteiger charge is -2.36. The van der Waals surface area contributed by atoms with E-state index in [-0.39, 0.29) is 17.9 Å². The highest BCUT2D eigenvalue weighted by atomic mass is 16.5. The minimum absolute atomic E-state index is 0.185. The van der Waals surface area contributed by atoms with Crippen LogP contribution in [0.3, 0.4) is 0 Å². The minimum Gasteiger partial charge on any atom is -0.497 e. The Hall–Kier alpha value is -2.90. The molecule has 1 aromatic carbocycles. The molecule has 3 amide bonds. The van der Waals surface area contributed by atoms with E-state index in [9.17, 15) is 9.59 Å². The van der Waals surface area contributed by atoms with Gasteiger partial charge in [0.25, 0.3) is 5.91 Å². The van der Waals surface area contributed by atoms with Gasteiger partial charge in [-0.3, -0.25) is 14.6 Å². The van der Waals surface area contributed by atoms with Gasteiger partial charge in [0.2, 0.25) is 11.9 Å². The quantitative estimate of drug-likeness (QED) is 0.726. The fourth-order valence-electron chi connectivity index (χ4n) is 4.23. The van der Waals surface area contributed by atoms with Crippen molar-refractivity contribution in [2.75, 3.05) is 38.7 Å². The third kappa shape index (κ3) is 3.16. The third-order valence-electron chi connectivity index (χ3n) is 5.55. The molecule has 3 aliphatic rings. The zero-order valence-electron chi connectivity index (χ0n) is 17.6. The molecule has 0 aliphatic carbocycles. The Morgan fingerprint density at radius 1 is 1.31 bits per heavy atom. The van der Waals surface area contributed by atoms with Crippen LogP contribution in [0.5, 0.6) is 5.75 Å². The number of rotatable bonds is 4. The molecule has 2 unspecified atom stereocenters. The Balaban J connectivity index is 1.77. The van der Waals surface area contributed by atoms with Crippen molar-refractivity contribution in [1.29, 1.82) is 0 Å². The molecule has 4 rings (SSSR count). The molecule has 0 bridgehead atoms. The van der Waals surface area contributed by atoms with Gasteiger partial charge in [0, 0.05) is 25.6 Å². The number of hydrogen-bond donors (Lipinski definition) is 0. The van der Waals surface area contributed by atoms with Crippen LogP contribution >= 0.6 is 0 Å². The number of methoxy groups -OCH3 is 1. The number of nitrogens with zero attached hydrogens (tertiary/aromatic N) is 5. The van der Waals surface area contributed by atoms with Crippen LogP contribution in [-0.4, -0.2) is 77.9 Å². The summed E-state index contributed by atoms with van der Waals surface area (Å²) in [7, 11) is 3.34. The van der Waals surface area contributed by atoms with Gasteiger partial charge in [0.15, 0.2) is 0 Å². The van der Waals surface area contributed by atoms with Crippen molar-refractivity contribution < 1.29 is 18.9 Å². The van der Waals surface area contributed by atoms with Gasteiger partial charge in [0.05, 0.1) is 20.2 Å². The lowest BCUT2D eigenvalue weighted by Crippen LogP contribution is -2.64. The highest BCUT2D eigenvalue weighted by Gasteiger charge is 2.55. The van der Waals surface area contributed by atoms with Crippen molar-refractivity contribution in [3.8, 4) is 5.75 Å². The van der Waals surface area contributed by atoms with Crippen molar-refractivity contribution in [2.24, 2.45) is 16.8 Å². The fraction of sp³-hybridized carbons (Fsp3) is 0.524. The van der Waals surface area contributed by atoms with Gasteiger partial charge in [0.1, 0.15) is 11.4 Å². The van der Waals surface area contributed by atoms with Crippen molar-refractivity contribution in [2.45, 2.75) is 26.8 Å². The van der Waals surface area contributed by atoms with E-state index in [2.05, 4.69) is 11.8 Å². The van der Waals surface area contributed by atoms with Crippen molar-refractivity contribution >= 4 is 29.4 Å². The van der Waals surface area contributed by atoms with Crippen molar-refractivity contribution in [3.05, 3.63) is 24.3 Å². The van der Waals surface area contributed by atoms with Gasteiger partial charge in [-0.05, 0) is 18.1 Å². The predicted molar refractivity (Wildman–Crippen MR) is 111 cm³/mol. The zero-order valence-corrected chi connectivity index (χ0v) is 17.6. The average Bonchev–Trinajstić information content (AvgIpc) is 3.08. The standard InChI is InChI=1S/C21H28N5O3/c1-13(2)10-26-19(27)17-18(23(4)21(26)28)22-20-24(11-14(3)12-25(17)20)15-7-6-8-16(9-15)29-5/h6-9,13-14,17H,10-12H2,1-5H3/q+1. The molecule has 3 aliphatic heterocycles. The lowest BCUT2D eigenvalue weighted by atomic mass is 10.1. The largest absolute Gasteiger partial charge is 0.497 e. The maximum absolute atomic E-state index is 13.3. The van der Waals surface area contributed by atoms with E-state index in [4.69, 9.17) is 9.73 Å². The van der Waals surface area contributed by atoms with Crippen LogP contribution in [0.25, 0.3) is 0 Å². The second-order valence-corrected chi connectivity index (χ2v) is 8.43. The van der Waals surface area contributed by atoms with Crippen molar-refractivity contribution in [1.82, 2.24) is 9.80 Å². The second-order valence-electron chi connectivity index (χ2n) is 8.43. The summed E-state index contributed by atoms with van der Waals surface area (Å²) in [5.41, 5.74) is 0.958. The molecule has 0 aromatic heterocycles. The summed E-state index contributed by atoms with van der Waals surface area (Å²) in [4.78, 5) is 35.9. The van der Waals surface area contributed by atoms with E-state index < -0.39 is 6.04 Å². The Labute approximate surface area is 171 Å². The number of amides is 3. The summed E-state index contributed by atoms with van der Waals surface area (Å²) in [6, 6.07) is 6.96. The Morgan fingerprint density at radius 3 is 2.76 bits per heavy atom. The molecule has 154 valence electrons. The molecular formula is C21H28N5O3+. The number of ether oxygens (including phenoxy) is 1. The molecule has 1 saturated heterocycles. The highest BCUT2D eigenvalue weighted by Crippen LogP contribution is 2.29. The molecule has 3 heterocycles. The van der Waals surface area contributed by atoms with E-state index in [0.29, 0.717) is 18.3 Å². The van der Waals surface area contributed by atoms with Crippen LogP contribution in [0.4, 0.5) is 10.5 Å². The molecule has 0 N–H and O–H groups in total. The van der Waals surface area contributed by atoms with Gasteiger partial charge in [-0.1, -0.05) is 31.8 Å². The van der Waals surface area contributed by atoms with Gasteiger partial charge >= 0.3 is 12.0 Å². The van der Waals surface area contributed by atoms with Crippen LogP contribution in [0.15, 0.2) is 29.3 Å². The first-order valence-corrected chi connectivity index (χ1v) is 10.0. The Morgan fingerprint density at radius 2 is 2.07 bits per heavy atom. The molecule has 1 aromatic rings. The number of urea groups is 1.